The molecule has 0 amide bonds. The van der Waals surface area contributed by atoms with Crippen molar-refractivity contribution < 1.29 is 61.6 Å². The highest BCUT2D eigenvalue weighted by atomic mass is 19.1. The van der Waals surface area contributed by atoms with Crippen molar-refractivity contribution >= 4 is 35.8 Å². The fraction of sp³-hybridized carbons (Fsp3) is 0.104. The van der Waals surface area contributed by atoms with E-state index in [0.29, 0.717) is 67.7 Å². The predicted octanol–water partition coefficient (Wildman–Crippen LogP) is 15.1. The smallest absolute Gasteiger partial charge is 0.338 e. The minimum atomic E-state index is -0.685. The molecule has 7 rings (SSSR count). The standard InChI is InChI=1S/C27H24O4.C20H17FO4.C20H18O4/c1-17(2)26(28)30-23-11-6-20(7-12-23)22-10-15-25(19(5)16-22)21-8-13-24(14-9-21)31-27(29)18(3)4;1-12(2)19(22)24-16-8-5-14(6-9-16)15-7-10-18(17(21)11-15)25-20(23)13(3)4;1-13(2)19(21)23-17-9-5-15(6-10-17)16-7-11-18(12-8-16)24-20(22)14(3)4/h6-16H,1,3H2,2,4-5H3;5-11H,1,3H2,2,4H3;5-12H,1,3H2,2,4H3. The Labute approximate surface area is 465 Å². The maximum absolute atomic E-state index is 14.1. The Kier molecular flexibility index (Phi) is 21.4. The lowest BCUT2D eigenvalue weighted by molar-refractivity contribution is -0.131. The van der Waals surface area contributed by atoms with Gasteiger partial charge in [-0.2, -0.15) is 0 Å². The fourth-order valence-electron chi connectivity index (χ4n) is 6.65. The van der Waals surface area contributed by atoms with Gasteiger partial charge in [0.05, 0.1) is 0 Å². The van der Waals surface area contributed by atoms with Gasteiger partial charge in [-0.1, -0.05) is 124 Å². The Bertz CT molecular complexity index is 3460. The molecule has 0 aliphatic heterocycles. The normalized spacial score (nSPS) is 10.1. The van der Waals surface area contributed by atoms with Gasteiger partial charge in [-0.05, 0) is 171 Å². The Morgan fingerprint density at radius 3 is 0.787 bits per heavy atom. The van der Waals surface area contributed by atoms with Gasteiger partial charge in [0.15, 0.2) is 11.6 Å². The van der Waals surface area contributed by atoms with Crippen molar-refractivity contribution in [3.05, 3.63) is 242 Å². The van der Waals surface area contributed by atoms with Gasteiger partial charge in [0.1, 0.15) is 28.7 Å². The molecule has 0 saturated heterocycles. The zero-order valence-electron chi connectivity index (χ0n) is 45.5. The first-order valence-corrected chi connectivity index (χ1v) is 24.6. The third-order valence-corrected chi connectivity index (χ3v) is 11.1. The maximum atomic E-state index is 14.1. The molecule has 0 fully saturated rings. The molecule has 7 aromatic rings. The second kappa shape index (κ2) is 28.2. The lowest BCUT2D eigenvalue weighted by Crippen LogP contribution is -2.09. The summed E-state index contributed by atoms with van der Waals surface area (Å²) in [5.74, 6) is -1.55. The molecule has 0 N–H and O–H groups in total. The largest absolute Gasteiger partial charge is 0.423 e. The number of aryl methyl sites for hydroxylation is 1. The zero-order valence-corrected chi connectivity index (χ0v) is 45.5. The lowest BCUT2D eigenvalue weighted by atomic mass is 9.96. The van der Waals surface area contributed by atoms with Crippen LogP contribution in [0.15, 0.2) is 231 Å². The van der Waals surface area contributed by atoms with Gasteiger partial charge >= 0.3 is 35.8 Å². The van der Waals surface area contributed by atoms with E-state index in [4.69, 9.17) is 28.4 Å². The first-order chi connectivity index (χ1) is 37.9. The highest BCUT2D eigenvalue weighted by Crippen LogP contribution is 2.32. The van der Waals surface area contributed by atoms with Crippen molar-refractivity contribution in [2.45, 2.75) is 48.5 Å². The van der Waals surface area contributed by atoms with Gasteiger partial charge in [-0.15, -0.1) is 0 Å². The van der Waals surface area contributed by atoms with Crippen molar-refractivity contribution in [3.63, 3.8) is 0 Å². The highest BCUT2D eigenvalue weighted by Gasteiger charge is 2.14. The van der Waals surface area contributed by atoms with E-state index < -0.39 is 41.6 Å². The van der Waals surface area contributed by atoms with Gasteiger partial charge in [0.2, 0.25) is 0 Å². The van der Waals surface area contributed by atoms with Gasteiger partial charge in [0, 0.05) is 33.4 Å². The monoisotopic (exact) mass is 1070 g/mol. The zero-order chi connectivity index (χ0) is 58.8. The minimum Gasteiger partial charge on any atom is -0.423 e. The molecule has 13 heteroatoms. The van der Waals surface area contributed by atoms with E-state index in [1.807, 2.05) is 54.6 Å². The van der Waals surface area contributed by atoms with E-state index in [-0.39, 0.29) is 11.3 Å². The summed E-state index contributed by atoms with van der Waals surface area (Å²) in [4.78, 5) is 69.1. The van der Waals surface area contributed by atoms with Gasteiger partial charge in [0.25, 0.3) is 0 Å². The molecule has 80 heavy (non-hydrogen) atoms. The van der Waals surface area contributed by atoms with Crippen LogP contribution in [0.2, 0.25) is 0 Å². The van der Waals surface area contributed by atoms with Crippen LogP contribution < -0.4 is 28.4 Å². The summed E-state index contributed by atoms with van der Waals surface area (Å²) < 4.78 is 44.9. The van der Waals surface area contributed by atoms with E-state index in [9.17, 15) is 33.2 Å². The van der Waals surface area contributed by atoms with Crippen molar-refractivity contribution in [1.82, 2.24) is 0 Å². The fourth-order valence-corrected chi connectivity index (χ4v) is 6.65. The van der Waals surface area contributed by atoms with Crippen molar-refractivity contribution in [2.24, 2.45) is 0 Å². The average molecular weight is 1080 g/mol. The SMILES string of the molecule is C=C(C)C(=O)Oc1ccc(-c2ccc(-c3ccc(OC(=O)C(=C)C)cc3)c(C)c2)cc1.C=C(C)C(=O)Oc1ccc(-c2ccc(OC(=O)C(=C)C)c(F)c2)cc1.C=C(C)C(=O)Oc1ccc(-c2ccc(OC(=O)C(=C)C)cc2)cc1. The second-order valence-electron chi connectivity index (χ2n) is 18.3. The summed E-state index contributed by atoms with van der Waals surface area (Å²) in [6.45, 7) is 32.7. The summed E-state index contributed by atoms with van der Waals surface area (Å²) in [6.07, 6.45) is 0. The number of halogens is 1. The topological polar surface area (TPSA) is 158 Å². The van der Waals surface area contributed by atoms with Crippen LogP contribution in [0.4, 0.5) is 4.39 Å². The molecule has 7 aromatic carbocycles. The molecule has 0 aromatic heterocycles. The number of hydrogen-bond acceptors (Lipinski definition) is 12. The third-order valence-electron chi connectivity index (χ3n) is 11.1. The molecule has 0 aliphatic carbocycles. The molecule has 406 valence electrons. The van der Waals surface area contributed by atoms with E-state index in [1.54, 1.807) is 113 Å². The van der Waals surface area contributed by atoms with Gasteiger partial charge < -0.3 is 28.4 Å². The van der Waals surface area contributed by atoms with Crippen LogP contribution in [-0.2, 0) is 28.8 Å². The molecule has 0 spiro atoms. The Morgan fingerprint density at radius 1 is 0.300 bits per heavy atom. The third kappa shape index (κ3) is 17.9. The van der Waals surface area contributed by atoms with Crippen LogP contribution in [0, 0.1) is 12.7 Å². The summed E-state index contributed by atoms with van der Waals surface area (Å²) in [7, 11) is 0. The van der Waals surface area contributed by atoms with Crippen molar-refractivity contribution in [1.29, 1.82) is 0 Å². The molecule has 0 unspecified atom stereocenters. The number of benzene rings is 7. The van der Waals surface area contributed by atoms with Crippen molar-refractivity contribution in [3.8, 4) is 79.0 Å². The molecule has 0 saturated carbocycles. The number of hydrogen-bond donors (Lipinski definition) is 0. The molecule has 0 bridgehead atoms. The molecule has 0 heterocycles. The van der Waals surface area contributed by atoms with E-state index in [0.717, 1.165) is 38.9 Å². The van der Waals surface area contributed by atoms with Crippen LogP contribution >= 0.6 is 0 Å². The minimum absolute atomic E-state index is 0.163. The highest BCUT2D eigenvalue weighted by molar-refractivity contribution is 5.92. The molecule has 0 aliphatic rings. The number of rotatable bonds is 16. The molecule has 0 radical (unpaired) electrons. The summed E-state index contributed by atoms with van der Waals surface area (Å²) in [6, 6.07) is 46.1. The number of esters is 6. The van der Waals surface area contributed by atoms with E-state index in [2.05, 4.69) is 58.5 Å². The maximum Gasteiger partial charge on any atom is 0.338 e. The van der Waals surface area contributed by atoms with E-state index >= 15 is 0 Å². The molecular weight excluding hydrogens is 1020 g/mol. The first kappa shape index (κ1) is 60.6. The average Bonchev–Trinajstić information content (AvgIpc) is 3.44. The van der Waals surface area contributed by atoms with Crippen molar-refractivity contribution in [2.75, 3.05) is 0 Å². The first-order valence-electron chi connectivity index (χ1n) is 24.6. The number of carbonyl (C=O) groups excluding carboxylic acids is 6. The Balaban J connectivity index is 0.000000223. The quantitative estimate of drug-likeness (QED) is 0.0513. The lowest BCUT2D eigenvalue weighted by Gasteiger charge is -2.11. The second-order valence-corrected chi connectivity index (χ2v) is 18.3. The van der Waals surface area contributed by atoms with Crippen LogP contribution in [-0.4, -0.2) is 35.8 Å². The summed E-state index contributed by atoms with van der Waals surface area (Å²) in [5.41, 5.74) is 10.4. The van der Waals surface area contributed by atoms with Crippen LogP contribution in [0.3, 0.4) is 0 Å². The van der Waals surface area contributed by atoms with Crippen LogP contribution in [0.1, 0.15) is 47.1 Å². The molecule has 12 nitrogen and oxygen atoms in total. The molecular formula is C67H59FO12. The van der Waals surface area contributed by atoms with Gasteiger partial charge in [-0.25, -0.2) is 33.2 Å². The number of ether oxygens (including phenoxy) is 6. The summed E-state index contributed by atoms with van der Waals surface area (Å²) >= 11 is 0. The van der Waals surface area contributed by atoms with Gasteiger partial charge in [-0.3, -0.25) is 0 Å². The number of carbonyl (C=O) groups is 6. The summed E-state index contributed by atoms with van der Waals surface area (Å²) in [5, 5.41) is 0. The van der Waals surface area contributed by atoms with Crippen LogP contribution in [0.25, 0.3) is 44.5 Å². The Hall–Kier alpha value is -10.3. The Morgan fingerprint density at radius 2 is 0.525 bits per heavy atom. The predicted molar refractivity (Wildman–Crippen MR) is 308 cm³/mol. The molecule has 0 atom stereocenters. The van der Waals surface area contributed by atoms with E-state index in [1.165, 1.54) is 19.1 Å². The van der Waals surface area contributed by atoms with Crippen LogP contribution in [0.5, 0.6) is 34.5 Å².